The molecule has 0 aliphatic rings. The van der Waals surface area contributed by atoms with Crippen LogP contribution in [0.2, 0.25) is 5.02 Å². The number of amides is 1. The van der Waals surface area contributed by atoms with Crippen molar-refractivity contribution in [2.45, 2.75) is 6.61 Å². The third-order valence-electron chi connectivity index (χ3n) is 2.93. The molecule has 10 heteroatoms. The van der Waals surface area contributed by atoms with Crippen LogP contribution in [-0.4, -0.2) is 30.7 Å². The van der Waals surface area contributed by atoms with E-state index >= 15 is 0 Å². The fraction of sp³-hybridized carbons (Fsp3) is 0.0714. The lowest BCUT2D eigenvalue weighted by Crippen LogP contribution is -2.26. The van der Waals surface area contributed by atoms with Gasteiger partial charge < -0.3 is 4.74 Å². The number of nitrogens with zero attached hydrogens (tertiary/aromatic N) is 4. The van der Waals surface area contributed by atoms with E-state index < -0.39 is 5.91 Å². The average Bonchev–Trinajstić information content (AvgIpc) is 2.95. The van der Waals surface area contributed by atoms with Crippen molar-refractivity contribution >= 4 is 29.7 Å². The van der Waals surface area contributed by atoms with Crippen LogP contribution in [0, 0.1) is 4.77 Å². The third-order valence-corrected chi connectivity index (χ3v) is 3.46. The molecule has 0 spiro atoms. The molecule has 2 aromatic heterocycles. The van der Waals surface area contributed by atoms with Crippen molar-refractivity contribution < 1.29 is 9.53 Å². The molecule has 8 nitrogen and oxygen atoms in total. The number of H-pyrrole nitrogens is 1. The first-order valence-electron chi connectivity index (χ1n) is 6.75. The van der Waals surface area contributed by atoms with E-state index in [4.69, 9.17) is 28.6 Å². The summed E-state index contributed by atoms with van der Waals surface area (Å²) < 4.78 is 7.15. The van der Waals surface area contributed by atoms with Crippen LogP contribution in [0.1, 0.15) is 16.3 Å². The molecule has 0 atom stereocenters. The summed E-state index contributed by atoms with van der Waals surface area (Å²) in [6.07, 6.45) is 4.25. The van der Waals surface area contributed by atoms with Crippen molar-refractivity contribution in [2.24, 2.45) is 0 Å². The second-order valence-electron chi connectivity index (χ2n) is 4.55. The molecule has 0 saturated carbocycles. The minimum absolute atomic E-state index is 0.0928. The number of nitrogens with one attached hydrogen (secondary N) is 2. The van der Waals surface area contributed by atoms with E-state index in [0.29, 0.717) is 16.6 Å². The molecule has 0 aliphatic carbocycles. The smallest absolute Gasteiger partial charge is 0.290 e. The summed E-state index contributed by atoms with van der Waals surface area (Å²) in [6, 6.07) is 6.88. The van der Waals surface area contributed by atoms with Gasteiger partial charge >= 0.3 is 0 Å². The van der Waals surface area contributed by atoms with Crippen molar-refractivity contribution in [3.05, 3.63) is 64.2 Å². The van der Waals surface area contributed by atoms with Gasteiger partial charge in [0.05, 0.1) is 6.20 Å². The molecule has 24 heavy (non-hydrogen) atoms. The van der Waals surface area contributed by atoms with Gasteiger partial charge in [-0.25, -0.2) is 9.66 Å². The fourth-order valence-corrected chi connectivity index (χ4v) is 2.12. The summed E-state index contributed by atoms with van der Waals surface area (Å²) in [7, 11) is 0. The Hall–Kier alpha value is -2.78. The molecule has 0 fully saturated rings. The maximum atomic E-state index is 12.2. The fourth-order valence-electron chi connectivity index (χ4n) is 1.80. The maximum Gasteiger partial charge on any atom is 0.290 e. The van der Waals surface area contributed by atoms with Gasteiger partial charge in [0.15, 0.2) is 5.82 Å². The molecule has 0 unspecified atom stereocenters. The molecule has 0 aliphatic heterocycles. The molecule has 1 amide bonds. The molecule has 1 aromatic carbocycles. The second kappa shape index (κ2) is 7.20. The minimum Gasteiger partial charge on any atom is -0.486 e. The van der Waals surface area contributed by atoms with E-state index in [0.717, 1.165) is 0 Å². The highest BCUT2D eigenvalue weighted by Gasteiger charge is 2.13. The van der Waals surface area contributed by atoms with Gasteiger partial charge in [-0.2, -0.15) is 5.10 Å². The number of aromatic amines is 1. The second-order valence-corrected chi connectivity index (χ2v) is 5.38. The van der Waals surface area contributed by atoms with Gasteiger partial charge in [-0.1, -0.05) is 11.6 Å². The zero-order valence-electron chi connectivity index (χ0n) is 12.1. The van der Waals surface area contributed by atoms with Crippen molar-refractivity contribution in [2.75, 3.05) is 5.43 Å². The molecule has 0 radical (unpaired) electrons. The number of hydrogen-bond acceptors (Lipinski definition) is 6. The van der Waals surface area contributed by atoms with E-state index in [9.17, 15) is 4.79 Å². The molecule has 3 aromatic rings. The molecular formula is C14H11ClN6O2S. The zero-order chi connectivity index (χ0) is 16.9. The van der Waals surface area contributed by atoms with Gasteiger partial charge in [-0.05, 0) is 36.5 Å². The van der Waals surface area contributed by atoms with E-state index in [1.165, 1.54) is 23.3 Å². The normalized spacial score (nSPS) is 10.4. The summed E-state index contributed by atoms with van der Waals surface area (Å²) in [5.41, 5.74) is 2.75. The monoisotopic (exact) mass is 362 g/mol. The average molecular weight is 363 g/mol. The Morgan fingerprint density at radius 2 is 2.12 bits per heavy atom. The molecule has 2 N–H and O–H groups in total. The Labute approximate surface area is 146 Å². The number of carbonyl (C=O) groups excluding carboxylic acids is 1. The van der Waals surface area contributed by atoms with Crippen LogP contribution in [-0.2, 0) is 6.61 Å². The summed E-state index contributed by atoms with van der Waals surface area (Å²) in [5, 5.41) is 7.25. The van der Waals surface area contributed by atoms with Crippen LogP contribution in [0.5, 0.6) is 5.75 Å². The highest BCUT2D eigenvalue weighted by atomic mass is 35.5. The van der Waals surface area contributed by atoms with Gasteiger partial charge in [0.25, 0.3) is 5.91 Å². The zero-order valence-corrected chi connectivity index (χ0v) is 13.7. The third kappa shape index (κ3) is 3.76. The highest BCUT2D eigenvalue weighted by Crippen LogP contribution is 2.16. The van der Waals surface area contributed by atoms with Crippen LogP contribution in [0.25, 0.3) is 0 Å². The number of halogens is 1. The molecular weight excluding hydrogens is 352 g/mol. The lowest BCUT2D eigenvalue weighted by molar-refractivity contribution is 0.100. The molecule has 0 saturated heterocycles. The van der Waals surface area contributed by atoms with Gasteiger partial charge in [0.2, 0.25) is 4.77 Å². The number of ether oxygens (including phenoxy) is 1. The van der Waals surface area contributed by atoms with Crippen LogP contribution < -0.4 is 10.2 Å². The van der Waals surface area contributed by atoms with E-state index in [1.54, 1.807) is 24.3 Å². The lowest BCUT2D eigenvalue weighted by atomic mass is 10.3. The lowest BCUT2D eigenvalue weighted by Gasteiger charge is -2.09. The Morgan fingerprint density at radius 1 is 1.33 bits per heavy atom. The summed E-state index contributed by atoms with van der Waals surface area (Å²) >= 11 is 10.9. The molecule has 122 valence electrons. The topological polar surface area (TPSA) is 97.7 Å². The van der Waals surface area contributed by atoms with Gasteiger partial charge in [0, 0.05) is 17.4 Å². The Morgan fingerprint density at radius 3 is 2.83 bits per heavy atom. The van der Waals surface area contributed by atoms with Crippen molar-refractivity contribution in [1.82, 2.24) is 24.8 Å². The number of rotatable bonds is 5. The van der Waals surface area contributed by atoms with Crippen molar-refractivity contribution in [1.29, 1.82) is 0 Å². The molecule has 2 heterocycles. The summed E-state index contributed by atoms with van der Waals surface area (Å²) in [5.74, 6) is 0.542. The van der Waals surface area contributed by atoms with E-state index in [1.807, 2.05) is 0 Å². The van der Waals surface area contributed by atoms with Crippen molar-refractivity contribution in [3.63, 3.8) is 0 Å². The molecule has 3 rings (SSSR count). The highest BCUT2D eigenvalue weighted by molar-refractivity contribution is 7.71. The standard InChI is InChI=1S/C14H11ClN6O2S/c15-9-1-3-10(4-2-9)23-8-12-18-19-14(24)21(12)20-13(22)11-7-16-5-6-17-11/h1-7H,8H2,(H,19,24)(H,20,22). The first-order chi connectivity index (χ1) is 11.6. The summed E-state index contributed by atoms with van der Waals surface area (Å²) in [4.78, 5) is 19.9. The Bertz CT molecular complexity index is 894. The number of carbonyl (C=O) groups is 1. The quantitative estimate of drug-likeness (QED) is 0.676. The predicted octanol–water partition coefficient (Wildman–Crippen LogP) is 2.35. The first kappa shape index (κ1) is 16.1. The van der Waals surface area contributed by atoms with Gasteiger partial charge in [0.1, 0.15) is 18.1 Å². The van der Waals surface area contributed by atoms with E-state index in [-0.39, 0.29) is 17.1 Å². The number of hydrogen-bond donors (Lipinski definition) is 2. The van der Waals surface area contributed by atoms with Crippen LogP contribution in [0.4, 0.5) is 0 Å². The largest absolute Gasteiger partial charge is 0.486 e. The first-order valence-corrected chi connectivity index (χ1v) is 7.54. The van der Waals surface area contributed by atoms with Crippen LogP contribution >= 0.6 is 23.8 Å². The van der Waals surface area contributed by atoms with Crippen LogP contribution in [0.3, 0.4) is 0 Å². The van der Waals surface area contributed by atoms with Gasteiger partial charge in [-0.3, -0.25) is 20.3 Å². The van der Waals surface area contributed by atoms with Gasteiger partial charge in [-0.15, -0.1) is 0 Å². The summed E-state index contributed by atoms with van der Waals surface area (Å²) in [6.45, 7) is 0.0928. The number of aromatic nitrogens is 5. The Balaban J connectivity index is 1.73. The van der Waals surface area contributed by atoms with Crippen molar-refractivity contribution in [3.8, 4) is 5.75 Å². The predicted molar refractivity (Wildman–Crippen MR) is 88.9 cm³/mol. The maximum absolute atomic E-state index is 12.2. The van der Waals surface area contributed by atoms with Crippen LogP contribution in [0.15, 0.2) is 42.9 Å². The SMILES string of the molecule is O=C(Nn1c(COc2ccc(Cl)cc2)n[nH]c1=S)c1cnccn1. The minimum atomic E-state index is -0.464. The Kier molecular flexibility index (Phi) is 4.82. The number of benzene rings is 1. The van der Waals surface area contributed by atoms with E-state index in [2.05, 4.69) is 25.6 Å². The molecule has 0 bridgehead atoms.